The van der Waals surface area contributed by atoms with Crippen molar-refractivity contribution >= 4 is 11.9 Å². The fourth-order valence-electron chi connectivity index (χ4n) is 1.06. The van der Waals surface area contributed by atoms with Gasteiger partial charge in [-0.05, 0) is 24.7 Å². The van der Waals surface area contributed by atoms with Crippen LogP contribution in [0.25, 0.3) is 0 Å². The van der Waals surface area contributed by atoms with Gasteiger partial charge in [-0.3, -0.25) is 9.79 Å². The van der Waals surface area contributed by atoms with E-state index in [0.29, 0.717) is 0 Å². The van der Waals surface area contributed by atoms with E-state index in [0.717, 1.165) is 18.9 Å². The Bertz CT molecular complexity index is 222. The Hall–Kier alpha value is -1.26. The molecule has 17 heavy (non-hydrogen) atoms. The molecule has 0 rings (SSSR count). The van der Waals surface area contributed by atoms with E-state index in [1.54, 1.807) is 0 Å². The highest BCUT2D eigenvalue weighted by atomic mass is 16.4. The standard InChI is InChI=1S/C7H17N3.C5H10O2/c1-6(2)4-3-5-10-7(8)9;1-4(2)3-5(6)7/h6H,3-5H2,1-2H3,(H4,8,9,10);4H,3H2,1-2H3,(H,6,7). The maximum Gasteiger partial charge on any atom is 0.303 e. The maximum atomic E-state index is 9.81. The van der Waals surface area contributed by atoms with Crippen LogP contribution in [-0.4, -0.2) is 23.6 Å². The van der Waals surface area contributed by atoms with Crippen LogP contribution in [0.5, 0.6) is 0 Å². The smallest absolute Gasteiger partial charge is 0.303 e. The van der Waals surface area contributed by atoms with Gasteiger partial charge < -0.3 is 16.6 Å². The lowest BCUT2D eigenvalue weighted by Gasteiger charge is -2.00. The number of nitrogens with two attached hydrogens (primary N) is 2. The van der Waals surface area contributed by atoms with Gasteiger partial charge >= 0.3 is 5.97 Å². The third-order valence-corrected chi connectivity index (χ3v) is 1.82. The highest BCUT2D eigenvalue weighted by Crippen LogP contribution is 2.02. The zero-order valence-electron chi connectivity index (χ0n) is 11.4. The summed E-state index contributed by atoms with van der Waals surface area (Å²) in [5, 5.41) is 8.08. The highest BCUT2D eigenvalue weighted by Gasteiger charge is 1.98. The molecule has 0 amide bonds. The molecule has 0 unspecified atom stereocenters. The van der Waals surface area contributed by atoms with Crippen molar-refractivity contribution in [2.24, 2.45) is 28.3 Å². The molecular weight excluding hydrogens is 218 g/mol. The molecule has 5 heteroatoms. The molecule has 0 aromatic heterocycles. The maximum absolute atomic E-state index is 9.81. The number of nitrogens with zero attached hydrogens (tertiary/aromatic N) is 1. The summed E-state index contributed by atoms with van der Waals surface area (Å²) in [7, 11) is 0. The monoisotopic (exact) mass is 245 g/mol. The minimum atomic E-state index is -0.713. The minimum Gasteiger partial charge on any atom is -0.481 e. The molecule has 0 aliphatic rings. The van der Waals surface area contributed by atoms with Gasteiger partial charge in [0.15, 0.2) is 5.96 Å². The fourth-order valence-corrected chi connectivity index (χ4v) is 1.06. The number of carboxylic acid groups (broad SMARTS) is 1. The first-order chi connectivity index (χ1) is 7.75. The van der Waals surface area contributed by atoms with Crippen molar-refractivity contribution in [2.45, 2.75) is 47.0 Å². The third-order valence-electron chi connectivity index (χ3n) is 1.82. The molecule has 0 saturated heterocycles. The van der Waals surface area contributed by atoms with Gasteiger partial charge in [-0.1, -0.05) is 27.7 Å². The van der Waals surface area contributed by atoms with Crippen LogP contribution < -0.4 is 11.5 Å². The predicted molar refractivity (Wildman–Crippen MR) is 71.8 cm³/mol. The van der Waals surface area contributed by atoms with Crippen LogP contribution in [0.2, 0.25) is 0 Å². The zero-order chi connectivity index (χ0) is 13.8. The van der Waals surface area contributed by atoms with Gasteiger partial charge in [0, 0.05) is 13.0 Å². The number of aliphatic carboxylic acids is 1. The Balaban J connectivity index is 0. The molecule has 0 radical (unpaired) electrons. The summed E-state index contributed by atoms with van der Waals surface area (Å²) in [6.07, 6.45) is 2.55. The van der Waals surface area contributed by atoms with E-state index in [2.05, 4.69) is 18.8 Å². The summed E-state index contributed by atoms with van der Waals surface area (Å²) in [4.78, 5) is 13.7. The average Bonchev–Trinajstić information content (AvgIpc) is 2.10. The molecule has 0 spiro atoms. The summed E-state index contributed by atoms with van der Waals surface area (Å²) in [5.74, 6) is 0.505. The lowest BCUT2D eigenvalue weighted by Crippen LogP contribution is -2.22. The molecule has 0 atom stereocenters. The summed E-state index contributed by atoms with van der Waals surface area (Å²) >= 11 is 0. The van der Waals surface area contributed by atoms with Crippen molar-refractivity contribution in [1.82, 2.24) is 0 Å². The number of carbonyl (C=O) groups is 1. The fraction of sp³-hybridized carbons (Fsp3) is 0.833. The molecule has 5 nitrogen and oxygen atoms in total. The molecule has 102 valence electrons. The summed E-state index contributed by atoms with van der Waals surface area (Å²) in [5.41, 5.74) is 10.3. The lowest BCUT2D eigenvalue weighted by molar-refractivity contribution is -0.137. The lowest BCUT2D eigenvalue weighted by atomic mass is 10.1. The van der Waals surface area contributed by atoms with Crippen molar-refractivity contribution in [3.63, 3.8) is 0 Å². The van der Waals surface area contributed by atoms with E-state index >= 15 is 0 Å². The molecule has 0 saturated carbocycles. The van der Waals surface area contributed by atoms with Gasteiger partial charge in [0.2, 0.25) is 0 Å². The molecule has 0 heterocycles. The van der Waals surface area contributed by atoms with E-state index in [4.69, 9.17) is 16.6 Å². The first kappa shape index (κ1) is 18.1. The number of rotatable bonds is 6. The van der Waals surface area contributed by atoms with Crippen LogP contribution in [0, 0.1) is 11.8 Å². The largest absolute Gasteiger partial charge is 0.481 e. The molecular formula is C12H27N3O2. The van der Waals surface area contributed by atoms with Crippen LogP contribution >= 0.6 is 0 Å². The quantitative estimate of drug-likeness (QED) is 0.377. The van der Waals surface area contributed by atoms with E-state index in [9.17, 15) is 4.79 Å². The van der Waals surface area contributed by atoms with Crippen molar-refractivity contribution in [3.8, 4) is 0 Å². The van der Waals surface area contributed by atoms with Gasteiger partial charge in [-0.15, -0.1) is 0 Å². The van der Waals surface area contributed by atoms with Gasteiger partial charge in [0.05, 0.1) is 0 Å². The topological polar surface area (TPSA) is 102 Å². The average molecular weight is 245 g/mol. The SMILES string of the molecule is CC(C)CC(=O)O.CC(C)CCCN=C(N)N. The van der Waals surface area contributed by atoms with Crippen molar-refractivity contribution in [2.75, 3.05) is 6.54 Å². The van der Waals surface area contributed by atoms with Gasteiger partial charge in [0.1, 0.15) is 0 Å². The van der Waals surface area contributed by atoms with E-state index in [1.807, 2.05) is 13.8 Å². The summed E-state index contributed by atoms with van der Waals surface area (Å²) in [6.45, 7) is 8.91. The van der Waals surface area contributed by atoms with Crippen molar-refractivity contribution in [1.29, 1.82) is 0 Å². The van der Waals surface area contributed by atoms with Crippen molar-refractivity contribution < 1.29 is 9.90 Å². The molecule has 0 aromatic rings. The summed E-state index contributed by atoms with van der Waals surface area (Å²) in [6, 6.07) is 0. The van der Waals surface area contributed by atoms with Crippen LogP contribution in [0.15, 0.2) is 4.99 Å². The van der Waals surface area contributed by atoms with Crippen LogP contribution in [0.1, 0.15) is 47.0 Å². The second kappa shape index (κ2) is 11.2. The van der Waals surface area contributed by atoms with Gasteiger partial charge in [-0.2, -0.15) is 0 Å². The molecule has 0 fully saturated rings. The van der Waals surface area contributed by atoms with Gasteiger partial charge in [0.25, 0.3) is 0 Å². The van der Waals surface area contributed by atoms with Crippen molar-refractivity contribution in [3.05, 3.63) is 0 Å². The Morgan fingerprint density at radius 3 is 1.94 bits per heavy atom. The van der Waals surface area contributed by atoms with E-state index in [1.165, 1.54) is 6.42 Å². The Morgan fingerprint density at radius 1 is 1.18 bits per heavy atom. The number of aliphatic imine (C=N–C) groups is 1. The van der Waals surface area contributed by atoms with Crippen LogP contribution in [-0.2, 0) is 4.79 Å². The van der Waals surface area contributed by atoms with Gasteiger partial charge in [-0.25, -0.2) is 0 Å². The Labute approximate surface area is 104 Å². The number of hydrogen-bond acceptors (Lipinski definition) is 2. The minimum absolute atomic E-state index is 0.198. The number of hydrogen-bond donors (Lipinski definition) is 3. The second-order valence-corrected chi connectivity index (χ2v) is 4.83. The Kier molecular flexibility index (Phi) is 12.0. The molecule has 0 aliphatic heterocycles. The first-order valence-electron chi connectivity index (χ1n) is 6.02. The van der Waals surface area contributed by atoms with Crippen LogP contribution in [0.3, 0.4) is 0 Å². The van der Waals surface area contributed by atoms with E-state index in [-0.39, 0.29) is 18.3 Å². The van der Waals surface area contributed by atoms with Crippen LogP contribution in [0.4, 0.5) is 0 Å². The summed E-state index contributed by atoms with van der Waals surface area (Å²) < 4.78 is 0. The second-order valence-electron chi connectivity index (χ2n) is 4.83. The first-order valence-corrected chi connectivity index (χ1v) is 6.02. The van der Waals surface area contributed by atoms with E-state index < -0.39 is 5.97 Å². The highest BCUT2D eigenvalue weighted by molar-refractivity contribution is 5.75. The molecule has 5 N–H and O–H groups in total. The Morgan fingerprint density at radius 2 is 1.71 bits per heavy atom. The molecule has 0 aromatic carbocycles. The number of carboxylic acids is 1. The third kappa shape index (κ3) is 25.2. The number of guanidine groups is 1. The molecule has 0 bridgehead atoms. The normalized spacial score (nSPS) is 9.76. The predicted octanol–water partition coefficient (Wildman–Crippen LogP) is 1.81. The molecule has 0 aliphatic carbocycles. The zero-order valence-corrected chi connectivity index (χ0v) is 11.4.